The van der Waals surface area contributed by atoms with E-state index in [4.69, 9.17) is 5.73 Å². The number of amides is 1. The lowest BCUT2D eigenvalue weighted by Gasteiger charge is -2.15. The highest BCUT2D eigenvalue weighted by Crippen LogP contribution is 2.21. The maximum absolute atomic E-state index is 10.9. The van der Waals surface area contributed by atoms with E-state index >= 15 is 0 Å². The van der Waals surface area contributed by atoms with Gasteiger partial charge in [-0.25, -0.2) is 0 Å². The molecule has 1 aliphatic rings. The van der Waals surface area contributed by atoms with Crippen LogP contribution in [0.2, 0.25) is 0 Å². The van der Waals surface area contributed by atoms with E-state index in [-0.39, 0.29) is 15.7 Å². The molecule has 1 amide bonds. The maximum Gasteiger partial charge on any atom is 0.231 e. The second kappa shape index (κ2) is 5.48. The minimum Gasteiger partial charge on any atom is -0.369 e. The quantitative estimate of drug-likeness (QED) is 0.471. The normalized spacial score (nSPS) is 24.8. The van der Waals surface area contributed by atoms with E-state index in [1.165, 1.54) is 19.3 Å². The molecule has 1 rings (SSSR count). The molecule has 72 valence electrons. The molecule has 0 saturated carbocycles. The number of hydrogen-bond acceptors (Lipinski definition) is 1. The number of primary amides is 1. The Bertz CT molecular complexity index is 241. The summed E-state index contributed by atoms with van der Waals surface area (Å²) in [5, 5.41) is 0. The Labute approximate surface area is 92.8 Å². The average Bonchev–Trinajstić information content (AvgIpc) is 2.02. The fraction of sp³-hybridized carbons (Fsp3) is 0.700. The SMILES string of the molecule is NC(=O)C(I)C1C#CCCCCC1. The van der Waals surface area contributed by atoms with Gasteiger partial charge < -0.3 is 5.73 Å². The van der Waals surface area contributed by atoms with Gasteiger partial charge in [0.05, 0.1) is 0 Å². The van der Waals surface area contributed by atoms with Crippen LogP contribution in [0, 0.1) is 17.8 Å². The molecule has 0 aromatic carbocycles. The van der Waals surface area contributed by atoms with Crippen molar-refractivity contribution < 1.29 is 4.79 Å². The summed E-state index contributed by atoms with van der Waals surface area (Å²) in [6.07, 6.45) is 5.59. The van der Waals surface area contributed by atoms with Crippen molar-refractivity contribution in [3.63, 3.8) is 0 Å². The van der Waals surface area contributed by atoms with Gasteiger partial charge >= 0.3 is 0 Å². The van der Waals surface area contributed by atoms with Crippen molar-refractivity contribution in [3.05, 3.63) is 0 Å². The molecule has 0 heterocycles. The van der Waals surface area contributed by atoms with E-state index in [2.05, 4.69) is 34.4 Å². The van der Waals surface area contributed by atoms with E-state index in [0.29, 0.717) is 0 Å². The first kappa shape index (κ1) is 10.8. The van der Waals surface area contributed by atoms with Crippen LogP contribution in [0.5, 0.6) is 0 Å². The zero-order valence-electron chi connectivity index (χ0n) is 7.55. The third kappa shape index (κ3) is 3.55. The Balaban J connectivity index is 2.59. The lowest BCUT2D eigenvalue weighted by molar-refractivity contribution is -0.117. The first-order chi connectivity index (χ1) is 6.22. The molecule has 1 aliphatic carbocycles. The monoisotopic (exact) mass is 291 g/mol. The molecule has 13 heavy (non-hydrogen) atoms. The van der Waals surface area contributed by atoms with Crippen LogP contribution in [0.1, 0.15) is 32.1 Å². The van der Waals surface area contributed by atoms with Gasteiger partial charge in [-0.05, 0) is 12.8 Å². The van der Waals surface area contributed by atoms with Gasteiger partial charge in [0.15, 0.2) is 0 Å². The Kier molecular flexibility index (Phi) is 4.57. The van der Waals surface area contributed by atoms with Crippen molar-refractivity contribution in [3.8, 4) is 11.8 Å². The standard InChI is InChI=1S/C10H14INO/c11-9(10(12)13)8-6-4-2-1-3-5-7-8/h8-9H,1-4,6H2,(H2,12,13). The molecule has 2 atom stereocenters. The Morgan fingerprint density at radius 1 is 1.46 bits per heavy atom. The lowest BCUT2D eigenvalue weighted by atomic mass is 9.95. The van der Waals surface area contributed by atoms with Crippen molar-refractivity contribution in [1.29, 1.82) is 0 Å². The average molecular weight is 291 g/mol. The van der Waals surface area contributed by atoms with Gasteiger partial charge in [0.1, 0.15) is 3.92 Å². The van der Waals surface area contributed by atoms with Crippen molar-refractivity contribution in [1.82, 2.24) is 0 Å². The molecule has 2 N–H and O–H groups in total. The van der Waals surface area contributed by atoms with Crippen molar-refractivity contribution in [2.24, 2.45) is 11.7 Å². The highest BCUT2D eigenvalue weighted by atomic mass is 127. The minimum absolute atomic E-state index is 0.122. The number of carbonyl (C=O) groups is 1. The number of carbonyl (C=O) groups excluding carboxylic acids is 1. The Morgan fingerprint density at radius 2 is 2.23 bits per heavy atom. The summed E-state index contributed by atoms with van der Waals surface area (Å²) in [5.41, 5.74) is 5.24. The van der Waals surface area contributed by atoms with Crippen LogP contribution < -0.4 is 5.73 Å². The molecule has 0 spiro atoms. The van der Waals surface area contributed by atoms with Gasteiger partial charge in [0, 0.05) is 12.3 Å². The Hall–Kier alpha value is -0.240. The maximum atomic E-state index is 10.9. The third-order valence-corrected chi connectivity index (χ3v) is 3.71. The van der Waals surface area contributed by atoms with Gasteiger partial charge in [0.2, 0.25) is 5.91 Å². The number of nitrogens with two attached hydrogens (primary N) is 1. The number of halogens is 1. The van der Waals surface area contributed by atoms with E-state index in [0.717, 1.165) is 12.8 Å². The van der Waals surface area contributed by atoms with E-state index in [9.17, 15) is 4.79 Å². The van der Waals surface area contributed by atoms with Gasteiger partial charge in [-0.2, -0.15) is 0 Å². The molecular weight excluding hydrogens is 277 g/mol. The van der Waals surface area contributed by atoms with Crippen LogP contribution in [0.25, 0.3) is 0 Å². The second-order valence-corrected chi connectivity index (χ2v) is 4.67. The van der Waals surface area contributed by atoms with Gasteiger partial charge in [-0.15, -0.1) is 5.92 Å². The highest BCUT2D eigenvalue weighted by molar-refractivity contribution is 14.1. The molecule has 3 heteroatoms. The molecule has 0 aromatic rings. The first-order valence-electron chi connectivity index (χ1n) is 4.63. The topological polar surface area (TPSA) is 43.1 Å². The molecule has 2 unspecified atom stereocenters. The van der Waals surface area contributed by atoms with Crippen molar-refractivity contribution >= 4 is 28.5 Å². The molecule has 2 nitrogen and oxygen atoms in total. The second-order valence-electron chi connectivity index (χ2n) is 3.33. The Morgan fingerprint density at radius 3 is 2.92 bits per heavy atom. The molecule has 0 radical (unpaired) electrons. The van der Waals surface area contributed by atoms with Crippen LogP contribution in [0.3, 0.4) is 0 Å². The zero-order chi connectivity index (χ0) is 9.68. The van der Waals surface area contributed by atoms with E-state index in [1.54, 1.807) is 0 Å². The summed E-state index contributed by atoms with van der Waals surface area (Å²) in [6, 6.07) is 0. The molecule has 0 bridgehead atoms. The van der Waals surface area contributed by atoms with Crippen LogP contribution in [0.4, 0.5) is 0 Å². The third-order valence-electron chi connectivity index (χ3n) is 2.23. The minimum atomic E-state index is -0.236. The fourth-order valence-electron chi connectivity index (χ4n) is 1.45. The summed E-state index contributed by atoms with van der Waals surface area (Å²) >= 11 is 2.10. The van der Waals surface area contributed by atoms with Crippen LogP contribution >= 0.6 is 22.6 Å². The largest absolute Gasteiger partial charge is 0.369 e. The summed E-state index contributed by atoms with van der Waals surface area (Å²) in [4.78, 5) is 10.9. The summed E-state index contributed by atoms with van der Waals surface area (Å²) in [7, 11) is 0. The number of hydrogen-bond donors (Lipinski definition) is 1. The fourth-order valence-corrected chi connectivity index (χ4v) is 1.99. The van der Waals surface area contributed by atoms with E-state index in [1.807, 2.05) is 0 Å². The smallest absolute Gasteiger partial charge is 0.231 e. The van der Waals surface area contributed by atoms with Crippen molar-refractivity contribution in [2.75, 3.05) is 0 Å². The van der Waals surface area contributed by atoms with Crippen molar-refractivity contribution in [2.45, 2.75) is 36.0 Å². The van der Waals surface area contributed by atoms with Gasteiger partial charge in [0.25, 0.3) is 0 Å². The van der Waals surface area contributed by atoms with Crippen LogP contribution in [-0.4, -0.2) is 9.83 Å². The predicted molar refractivity (Wildman–Crippen MR) is 61.4 cm³/mol. The van der Waals surface area contributed by atoms with Gasteiger partial charge in [-0.1, -0.05) is 41.4 Å². The summed E-state index contributed by atoms with van der Waals surface area (Å²) < 4.78 is -0.122. The molecular formula is C10H14INO. The molecule has 0 aliphatic heterocycles. The zero-order valence-corrected chi connectivity index (χ0v) is 9.71. The number of rotatable bonds is 2. The lowest BCUT2D eigenvalue weighted by Crippen LogP contribution is -2.29. The van der Waals surface area contributed by atoms with Crippen LogP contribution in [0.15, 0.2) is 0 Å². The van der Waals surface area contributed by atoms with Crippen LogP contribution in [-0.2, 0) is 4.79 Å². The highest BCUT2D eigenvalue weighted by Gasteiger charge is 2.21. The predicted octanol–water partition coefficient (Wildman–Crippen LogP) is 1.86. The van der Waals surface area contributed by atoms with Gasteiger partial charge in [-0.3, -0.25) is 4.79 Å². The molecule has 0 saturated heterocycles. The molecule has 0 fully saturated rings. The summed E-state index contributed by atoms with van der Waals surface area (Å²) in [6.45, 7) is 0. The number of alkyl halides is 1. The molecule has 0 aromatic heterocycles. The first-order valence-corrected chi connectivity index (χ1v) is 5.88. The van der Waals surface area contributed by atoms with E-state index < -0.39 is 0 Å². The summed E-state index contributed by atoms with van der Waals surface area (Å²) in [5.74, 6) is 6.20.